The standard InChI is InChI=1S/C28H44N8O2/c1-17-12-14-19(15-13-17)16-36-22-24(30-18(2)20-8-7-9-20)32-26(23(29)31-28(37)38)33-25(22)34-27(36)35(3)21-10-5-4-6-11-21/h17-21H,4-16H2,1-3H3,(H2,29,31)(H,37,38)(H,30,32,33)/t17-,18-,19-/m1/s1. The molecule has 3 fully saturated rings. The molecular formula is C28H44N8O2. The normalized spacial score (nSPS) is 23.6. The molecule has 0 aliphatic heterocycles. The molecule has 3 aliphatic rings. The van der Waals surface area contributed by atoms with Crippen molar-refractivity contribution < 1.29 is 9.90 Å². The average Bonchev–Trinajstić information content (AvgIpc) is 3.22. The van der Waals surface area contributed by atoms with Gasteiger partial charge in [-0.1, -0.05) is 45.4 Å². The molecule has 0 radical (unpaired) electrons. The highest BCUT2D eigenvalue weighted by Gasteiger charge is 2.30. The Labute approximate surface area is 225 Å². The van der Waals surface area contributed by atoms with E-state index in [-0.39, 0.29) is 17.7 Å². The number of hydrogen-bond donors (Lipinski definition) is 4. The van der Waals surface area contributed by atoms with E-state index < -0.39 is 6.09 Å². The van der Waals surface area contributed by atoms with Gasteiger partial charge >= 0.3 is 6.09 Å². The number of nitrogens with one attached hydrogen (secondary N) is 3. The maximum atomic E-state index is 11.3. The van der Waals surface area contributed by atoms with Gasteiger partial charge in [-0.15, -0.1) is 0 Å². The fourth-order valence-electron chi connectivity index (χ4n) is 6.52. The van der Waals surface area contributed by atoms with Crippen molar-refractivity contribution in [3.63, 3.8) is 0 Å². The van der Waals surface area contributed by atoms with Crippen LogP contribution in [0.3, 0.4) is 0 Å². The zero-order chi connectivity index (χ0) is 26.8. The molecule has 3 saturated carbocycles. The van der Waals surface area contributed by atoms with Crippen LogP contribution < -0.4 is 15.5 Å². The molecule has 208 valence electrons. The number of fused-ring (bicyclic) bond motifs is 1. The summed E-state index contributed by atoms with van der Waals surface area (Å²) < 4.78 is 2.33. The van der Waals surface area contributed by atoms with Gasteiger partial charge in [0.25, 0.3) is 0 Å². The molecule has 1 amide bonds. The van der Waals surface area contributed by atoms with Gasteiger partial charge < -0.3 is 19.9 Å². The summed E-state index contributed by atoms with van der Waals surface area (Å²) in [6, 6.07) is 0.658. The van der Waals surface area contributed by atoms with Crippen LogP contribution in [0.4, 0.5) is 16.6 Å². The monoisotopic (exact) mass is 524 g/mol. The molecule has 10 nitrogen and oxygen atoms in total. The van der Waals surface area contributed by atoms with E-state index in [1.165, 1.54) is 64.2 Å². The molecule has 3 aliphatic carbocycles. The van der Waals surface area contributed by atoms with Crippen molar-refractivity contribution in [1.29, 1.82) is 5.41 Å². The molecule has 0 unspecified atom stereocenters. The predicted molar refractivity (Wildman–Crippen MR) is 150 cm³/mol. The molecule has 0 saturated heterocycles. The van der Waals surface area contributed by atoms with E-state index in [2.05, 4.69) is 46.0 Å². The Bertz CT molecular complexity index is 1150. The Morgan fingerprint density at radius 3 is 2.39 bits per heavy atom. The number of carbonyl (C=O) groups is 1. The SMILES string of the molecule is C[C@@H](Nc1nc(C(=N)NC(=O)O)nc2nc(N(C)C3CCCCC3)n(C[C@H]3CC[C@H](C)CC3)c12)C1CCC1. The van der Waals surface area contributed by atoms with Gasteiger partial charge in [0.15, 0.2) is 23.1 Å². The lowest BCUT2D eigenvalue weighted by atomic mass is 9.80. The predicted octanol–water partition coefficient (Wildman–Crippen LogP) is 5.61. The van der Waals surface area contributed by atoms with Gasteiger partial charge in [-0.3, -0.25) is 10.7 Å². The Kier molecular flexibility index (Phi) is 8.04. The van der Waals surface area contributed by atoms with Crippen LogP contribution in [-0.2, 0) is 6.54 Å². The summed E-state index contributed by atoms with van der Waals surface area (Å²) in [6.45, 7) is 5.41. The summed E-state index contributed by atoms with van der Waals surface area (Å²) in [5.41, 5.74) is 1.40. The van der Waals surface area contributed by atoms with Gasteiger partial charge in [0.2, 0.25) is 5.95 Å². The van der Waals surface area contributed by atoms with Crippen LogP contribution in [0.1, 0.15) is 96.7 Å². The number of imidazole rings is 1. The molecule has 0 bridgehead atoms. The summed E-state index contributed by atoms with van der Waals surface area (Å²) in [5.74, 6) is 3.22. The first-order valence-corrected chi connectivity index (χ1v) is 14.7. The topological polar surface area (TPSA) is 132 Å². The number of amidine groups is 1. The van der Waals surface area contributed by atoms with Gasteiger partial charge in [0, 0.05) is 25.7 Å². The minimum Gasteiger partial charge on any atom is -0.465 e. The Morgan fingerprint density at radius 2 is 1.76 bits per heavy atom. The minimum absolute atomic E-state index is 0.0474. The second kappa shape index (κ2) is 11.5. The molecule has 4 N–H and O–H groups in total. The first-order chi connectivity index (χ1) is 18.3. The highest BCUT2D eigenvalue weighted by molar-refractivity contribution is 6.03. The number of nitrogens with zero attached hydrogens (tertiary/aromatic N) is 5. The molecule has 1 atom stereocenters. The Hall–Kier alpha value is -2.91. The first-order valence-electron chi connectivity index (χ1n) is 14.7. The van der Waals surface area contributed by atoms with Crippen LogP contribution in [-0.4, -0.2) is 55.7 Å². The zero-order valence-electron chi connectivity index (χ0n) is 23.2. The number of aromatic nitrogens is 4. The molecule has 5 rings (SSSR count). The van der Waals surface area contributed by atoms with Crippen molar-refractivity contribution >= 4 is 34.9 Å². The highest BCUT2D eigenvalue weighted by Crippen LogP contribution is 2.37. The van der Waals surface area contributed by atoms with Crippen molar-refractivity contribution in [1.82, 2.24) is 24.8 Å². The quantitative estimate of drug-likeness (QED) is 0.260. The molecule has 2 aromatic heterocycles. The number of rotatable bonds is 8. The Morgan fingerprint density at radius 1 is 1.05 bits per heavy atom. The highest BCUT2D eigenvalue weighted by atomic mass is 16.4. The van der Waals surface area contributed by atoms with E-state index in [0.29, 0.717) is 29.3 Å². The number of amides is 1. The van der Waals surface area contributed by atoms with Crippen molar-refractivity contribution in [3.05, 3.63) is 5.82 Å². The van der Waals surface area contributed by atoms with E-state index in [9.17, 15) is 9.90 Å². The van der Waals surface area contributed by atoms with Gasteiger partial charge in [0.1, 0.15) is 5.52 Å². The summed E-state index contributed by atoms with van der Waals surface area (Å²) in [6.07, 6.45) is 13.4. The molecule has 38 heavy (non-hydrogen) atoms. The third-order valence-corrected chi connectivity index (χ3v) is 9.27. The summed E-state index contributed by atoms with van der Waals surface area (Å²) >= 11 is 0. The van der Waals surface area contributed by atoms with E-state index in [0.717, 1.165) is 36.8 Å². The zero-order valence-corrected chi connectivity index (χ0v) is 23.2. The van der Waals surface area contributed by atoms with Gasteiger partial charge in [0.05, 0.1) is 0 Å². The lowest BCUT2D eigenvalue weighted by Gasteiger charge is -2.34. The largest absolute Gasteiger partial charge is 0.465 e. The average molecular weight is 525 g/mol. The number of carboxylic acid groups (broad SMARTS) is 1. The van der Waals surface area contributed by atoms with Crippen molar-refractivity contribution in [2.75, 3.05) is 17.3 Å². The van der Waals surface area contributed by atoms with Crippen LogP contribution in [0.25, 0.3) is 11.2 Å². The van der Waals surface area contributed by atoms with Crippen molar-refractivity contribution in [2.24, 2.45) is 17.8 Å². The van der Waals surface area contributed by atoms with E-state index >= 15 is 0 Å². The molecule has 10 heteroatoms. The van der Waals surface area contributed by atoms with Crippen LogP contribution in [0, 0.1) is 23.2 Å². The van der Waals surface area contributed by atoms with Crippen LogP contribution >= 0.6 is 0 Å². The van der Waals surface area contributed by atoms with Crippen LogP contribution in [0.2, 0.25) is 0 Å². The molecular weight excluding hydrogens is 480 g/mol. The minimum atomic E-state index is -1.30. The van der Waals surface area contributed by atoms with Gasteiger partial charge in [-0.05, 0) is 63.2 Å². The molecule has 2 heterocycles. The van der Waals surface area contributed by atoms with E-state index in [1.807, 2.05) is 0 Å². The summed E-state index contributed by atoms with van der Waals surface area (Å²) in [7, 11) is 2.16. The first kappa shape index (κ1) is 26.7. The summed E-state index contributed by atoms with van der Waals surface area (Å²) in [4.78, 5) is 28.0. The van der Waals surface area contributed by atoms with Crippen molar-refractivity contribution in [2.45, 2.75) is 110 Å². The lowest BCUT2D eigenvalue weighted by molar-refractivity contribution is 0.200. The maximum absolute atomic E-state index is 11.3. The third kappa shape index (κ3) is 5.73. The second-order valence-electron chi connectivity index (χ2n) is 12.0. The Balaban J connectivity index is 1.59. The van der Waals surface area contributed by atoms with E-state index in [4.69, 9.17) is 15.4 Å². The number of hydrogen-bond acceptors (Lipinski definition) is 7. The fraction of sp³-hybridized carbons (Fsp3) is 0.750. The fourth-order valence-corrected chi connectivity index (χ4v) is 6.52. The van der Waals surface area contributed by atoms with Gasteiger partial charge in [-0.25, -0.2) is 14.8 Å². The van der Waals surface area contributed by atoms with E-state index in [1.54, 1.807) is 0 Å². The maximum Gasteiger partial charge on any atom is 0.410 e. The summed E-state index contributed by atoms with van der Waals surface area (Å²) in [5, 5.41) is 23.3. The van der Waals surface area contributed by atoms with Crippen LogP contribution in [0.5, 0.6) is 0 Å². The smallest absolute Gasteiger partial charge is 0.410 e. The molecule has 2 aromatic rings. The third-order valence-electron chi connectivity index (χ3n) is 9.27. The molecule has 0 spiro atoms. The van der Waals surface area contributed by atoms with Gasteiger partial charge in [-0.2, -0.15) is 4.98 Å². The van der Waals surface area contributed by atoms with Crippen LogP contribution in [0.15, 0.2) is 0 Å². The second-order valence-corrected chi connectivity index (χ2v) is 12.0. The van der Waals surface area contributed by atoms with Crippen molar-refractivity contribution in [3.8, 4) is 0 Å². The lowest BCUT2D eigenvalue weighted by Crippen LogP contribution is -2.36. The molecule has 0 aromatic carbocycles. The number of anilines is 2.